The molecule has 6 heteroatoms. The summed E-state index contributed by atoms with van der Waals surface area (Å²) in [6.45, 7) is 5.71. The van der Waals surface area contributed by atoms with Crippen molar-refractivity contribution in [2.75, 3.05) is 19.6 Å². The molecule has 0 radical (unpaired) electrons. The maximum atomic E-state index is 5.02. The van der Waals surface area contributed by atoms with Gasteiger partial charge in [0.1, 0.15) is 11.6 Å². The number of aliphatic imine (C=N–C) groups is 1. The average molecular weight is 409 g/mol. The molecule has 1 aliphatic heterocycles. The number of hydrogen-bond donors (Lipinski definition) is 2. The van der Waals surface area contributed by atoms with Crippen LogP contribution in [0, 0.1) is 0 Å². The Bertz CT molecular complexity index is 819. The van der Waals surface area contributed by atoms with Crippen LogP contribution in [-0.4, -0.2) is 40.4 Å². The van der Waals surface area contributed by atoms with Crippen LogP contribution in [0.4, 0.5) is 0 Å². The maximum absolute atomic E-state index is 5.02. The lowest BCUT2D eigenvalue weighted by Crippen LogP contribution is -2.40. The minimum absolute atomic E-state index is 0.188. The molecule has 30 heavy (non-hydrogen) atoms. The van der Waals surface area contributed by atoms with Crippen molar-refractivity contribution in [2.45, 2.75) is 76.7 Å². The monoisotopic (exact) mass is 408 g/mol. The van der Waals surface area contributed by atoms with Gasteiger partial charge in [-0.05, 0) is 38.2 Å². The van der Waals surface area contributed by atoms with Crippen molar-refractivity contribution in [3.8, 4) is 0 Å². The smallest absolute Gasteiger partial charge is 0.191 e. The van der Waals surface area contributed by atoms with Crippen LogP contribution in [0.25, 0.3) is 0 Å². The number of aromatic nitrogens is 3. The molecule has 1 aliphatic carbocycles. The third-order valence-corrected chi connectivity index (χ3v) is 6.66. The third-order valence-electron chi connectivity index (χ3n) is 6.66. The summed E-state index contributed by atoms with van der Waals surface area (Å²) in [4.78, 5) is 5.02. The number of aryl methyl sites for hydroxylation is 1. The van der Waals surface area contributed by atoms with Crippen molar-refractivity contribution in [1.29, 1.82) is 0 Å². The highest BCUT2D eigenvalue weighted by molar-refractivity contribution is 5.79. The lowest BCUT2D eigenvalue weighted by Gasteiger charge is -2.28. The van der Waals surface area contributed by atoms with Crippen molar-refractivity contribution in [3.05, 3.63) is 47.5 Å². The summed E-state index contributed by atoms with van der Waals surface area (Å²) in [5.74, 6) is 3.18. The Hall–Kier alpha value is -2.37. The third kappa shape index (κ3) is 4.85. The van der Waals surface area contributed by atoms with E-state index in [2.05, 4.69) is 62.7 Å². The quantitative estimate of drug-likeness (QED) is 0.542. The van der Waals surface area contributed by atoms with Gasteiger partial charge in [-0.2, -0.15) is 0 Å². The molecule has 0 spiro atoms. The molecule has 4 rings (SSSR count). The second-order valence-electron chi connectivity index (χ2n) is 8.72. The van der Waals surface area contributed by atoms with Crippen LogP contribution in [0.15, 0.2) is 35.3 Å². The van der Waals surface area contributed by atoms with E-state index in [9.17, 15) is 0 Å². The van der Waals surface area contributed by atoms with Crippen LogP contribution < -0.4 is 10.6 Å². The highest BCUT2D eigenvalue weighted by Gasteiger charge is 2.35. The van der Waals surface area contributed by atoms with Crippen molar-refractivity contribution in [2.24, 2.45) is 4.99 Å². The Balaban J connectivity index is 1.39. The Kier molecular flexibility index (Phi) is 7.03. The molecule has 162 valence electrons. The van der Waals surface area contributed by atoms with Gasteiger partial charge < -0.3 is 15.2 Å². The lowest BCUT2D eigenvalue weighted by atomic mass is 9.79. The molecule has 1 fully saturated rings. The molecule has 0 saturated heterocycles. The zero-order valence-electron chi connectivity index (χ0n) is 18.4. The van der Waals surface area contributed by atoms with E-state index in [-0.39, 0.29) is 5.41 Å². The first-order chi connectivity index (χ1) is 14.8. The molecule has 0 bridgehead atoms. The number of benzene rings is 1. The van der Waals surface area contributed by atoms with Gasteiger partial charge in [0.15, 0.2) is 5.96 Å². The van der Waals surface area contributed by atoms with E-state index in [1.807, 2.05) is 0 Å². The number of nitrogens with zero attached hydrogens (tertiary/aromatic N) is 4. The predicted molar refractivity (Wildman–Crippen MR) is 122 cm³/mol. The molecular formula is C24H36N6. The maximum Gasteiger partial charge on any atom is 0.191 e. The second-order valence-corrected chi connectivity index (χ2v) is 8.72. The predicted octanol–water partition coefficient (Wildman–Crippen LogP) is 3.61. The molecule has 2 aromatic rings. The molecule has 1 aromatic heterocycles. The molecule has 0 unspecified atom stereocenters. The molecular weight excluding hydrogens is 372 g/mol. The number of rotatable bonds is 7. The number of hydrogen-bond acceptors (Lipinski definition) is 3. The Morgan fingerprint density at radius 2 is 1.87 bits per heavy atom. The highest BCUT2D eigenvalue weighted by atomic mass is 15.3. The van der Waals surface area contributed by atoms with E-state index in [4.69, 9.17) is 4.99 Å². The van der Waals surface area contributed by atoms with E-state index < -0.39 is 0 Å². The Morgan fingerprint density at radius 1 is 1.03 bits per heavy atom. The zero-order valence-corrected chi connectivity index (χ0v) is 18.4. The van der Waals surface area contributed by atoms with E-state index in [0.29, 0.717) is 0 Å². The largest absolute Gasteiger partial charge is 0.357 e. The molecule has 0 amide bonds. The van der Waals surface area contributed by atoms with E-state index >= 15 is 0 Å². The van der Waals surface area contributed by atoms with Crippen molar-refractivity contribution < 1.29 is 0 Å². The average Bonchev–Trinajstić information content (AvgIpc) is 3.34. The molecule has 0 atom stereocenters. The van der Waals surface area contributed by atoms with Crippen LogP contribution in [0.1, 0.15) is 69.1 Å². The van der Waals surface area contributed by atoms with Gasteiger partial charge in [-0.3, -0.25) is 4.99 Å². The van der Waals surface area contributed by atoms with Crippen molar-refractivity contribution in [3.63, 3.8) is 0 Å². The molecule has 6 nitrogen and oxygen atoms in total. The molecule has 1 aromatic carbocycles. The van der Waals surface area contributed by atoms with Crippen LogP contribution in [0.2, 0.25) is 0 Å². The fourth-order valence-electron chi connectivity index (χ4n) is 4.98. The van der Waals surface area contributed by atoms with Gasteiger partial charge >= 0.3 is 0 Å². The van der Waals surface area contributed by atoms with E-state index in [1.165, 1.54) is 50.5 Å². The van der Waals surface area contributed by atoms with Gasteiger partial charge in [0.25, 0.3) is 0 Å². The first-order valence-corrected chi connectivity index (χ1v) is 11.8. The Morgan fingerprint density at radius 3 is 2.67 bits per heavy atom. The van der Waals surface area contributed by atoms with Gasteiger partial charge in [0, 0.05) is 37.9 Å². The topological polar surface area (TPSA) is 67.1 Å². The molecule has 2 heterocycles. The highest BCUT2D eigenvalue weighted by Crippen LogP contribution is 2.41. The summed E-state index contributed by atoms with van der Waals surface area (Å²) in [6.07, 6.45) is 10.7. The minimum Gasteiger partial charge on any atom is -0.357 e. The van der Waals surface area contributed by atoms with Crippen LogP contribution >= 0.6 is 0 Å². The Labute approximate surface area is 180 Å². The van der Waals surface area contributed by atoms with Gasteiger partial charge in [0.05, 0.1) is 6.54 Å². The van der Waals surface area contributed by atoms with Crippen molar-refractivity contribution in [1.82, 2.24) is 25.4 Å². The fourth-order valence-corrected chi connectivity index (χ4v) is 4.98. The zero-order chi connectivity index (χ0) is 20.7. The summed E-state index contributed by atoms with van der Waals surface area (Å²) >= 11 is 0. The number of nitrogens with one attached hydrogen (secondary N) is 2. The SMILES string of the molecule is CCNC(=NCC1(c2ccccc2)CCCC1)NCCc1nnc2n1CCCCC2. The second kappa shape index (κ2) is 10.1. The van der Waals surface area contributed by atoms with Gasteiger partial charge in [-0.25, -0.2) is 0 Å². The van der Waals surface area contributed by atoms with Gasteiger partial charge in [-0.1, -0.05) is 49.6 Å². The van der Waals surface area contributed by atoms with E-state index in [0.717, 1.165) is 56.6 Å². The van der Waals surface area contributed by atoms with Gasteiger partial charge in [-0.15, -0.1) is 10.2 Å². The summed E-state index contributed by atoms with van der Waals surface area (Å²) < 4.78 is 2.33. The summed E-state index contributed by atoms with van der Waals surface area (Å²) in [5, 5.41) is 15.8. The first kappa shape index (κ1) is 20.9. The molecule has 1 saturated carbocycles. The first-order valence-electron chi connectivity index (χ1n) is 11.8. The standard InChI is InChI=1S/C24H36N6/c1-2-25-23(26-17-14-22-29-28-21-13-7-4-10-18-30(21)22)27-19-24(15-8-9-16-24)20-11-5-3-6-12-20/h3,5-6,11-12H,2,4,7-10,13-19H2,1H3,(H2,25,26,27). The fraction of sp³-hybridized carbons (Fsp3) is 0.625. The number of guanidine groups is 1. The van der Waals surface area contributed by atoms with Crippen molar-refractivity contribution >= 4 is 5.96 Å². The van der Waals surface area contributed by atoms with Gasteiger partial charge in [0.2, 0.25) is 0 Å². The molecule has 2 N–H and O–H groups in total. The summed E-state index contributed by atoms with van der Waals surface area (Å²) in [6, 6.07) is 11.0. The lowest BCUT2D eigenvalue weighted by molar-refractivity contribution is 0.452. The normalized spacial score (nSPS) is 18.6. The van der Waals surface area contributed by atoms with E-state index in [1.54, 1.807) is 0 Å². The minimum atomic E-state index is 0.188. The van der Waals surface area contributed by atoms with Crippen LogP contribution in [-0.2, 0) is 24.8 Å². The number of fused-ring (bicyclic) bond motifs is 1. The van der Waals surface area contributed by atoms with Crippen LogP contribution in [0.3, 0.4) is 0 Å². The van der Waals surface area contributed by atoms with Crippen LogP contribution in [0.5, 0.6) is 0 Å². The summed E-state index contributed by atoms with van der Waals surface area (Å²) in [5.41, 5.74) is 1.63. The molecule has 2 aliphatic rings. The summed E-state index contributed by atoms with van der Waals surface area (Å²) in [7, 11) is 0.